The molecule has 0 saturated heterocycles. The molecule has 0 saturated carbocycles. The Morgan fingerprint density at radius 1 is 0.180 bits per heavy atom. The zero-order chi connectivity index (χ0) is 80.1. The number of para-hydroxylation sites is 6. The third-order valence-corrected chi connectivity index (χ3v) is 35.7. The van der Waals surface area contributed by atoms with E-state index in [1.165, 1.54) is 85.6 Å². The average Bonchev–Trinajstić information content (AvgIpc) is 1.38. The predicted molar refractivity (Wildman–Crippen MR) is 503 cm³/mol. The number of hydrogen-bond donors (Lipinski definition) is 0. The summed E-state index contributed by atoms with van der Waals surface area (Å²) in [6, 6.07) is 156. The van der Waals surface area contributed by atoms with Gasteiger partial charge in [0.1, 0.15) is 0 Å². The highest BCUT2D eigenvalue weighted by Crippen LogP contribution is 2.61. The van der Waals surface area contributed by atoms with Gasteiger partial charge in [-0.25, -0.2) is 0 Å². The molecule has 12 heteroatoms. The molecule has 3 aliphatic carbocycles. The Morgan fingerprint density at radius 2 is 0.426 bits per heavy atom. The summed E-state index contributed by atoms with van der Waals surface area (Å²) in [5.41, 5.74) is 17.6. The van der Waals surface area contributed by atoms with E-state index >= 15 is 0 Å². The van der Waals surface area contributed by atoms with Gasteiger partial charge in [0, 0.05) is 66.1 Å². The molecule has 0 N–H and O–H groups in total. The third-order valence-electron chi connectivity index (χ3n) is 26.2. The molecule has 3 aliphatic rings. The minimum atomic E-state index is -3.03. The van der Waals surface area contributed by atoms with Crippen LogP contribution in [0.25, 0.3) is 134 Å². The highest BCUT2D eigenvalue weighted by molar-refractivity contribution is 7.20. The lowest BCUT2D eigenvalue weighted by molar-refractivity contribution is 0.767. The number of fused-ring (bicyclic) bond motifs is 12. The molecule has 6 aromatic heterocycles. The molecule has 0 spiro atoms. The van der Waals surface area contributed by atoms with Gasteiger partial charge in [0.05, 0.1) is 44.1 Å². The summed E-state index contributed by atoms with van der Waals surface area (Å²) >= 11 is 0. The Kier molecular flexibility index (Phi) is 15.7. The molecule has 122 heavy (non-hydrogen) atoms. The van der Waals surface area contributed by atoms with E-state index in [1.54, 1.807) is 0 Å². The number of rotatable bonds is 14. The average molecular weight is 1590 g/mol. The van der Waals surface area contributed by atoms with Crippen LogP contribution in [0.3, 0.4) is 0 Å². The summed E-state index contributed by atoms with van der Waals surface area (Å²) in [7, 11) is -6.07. The van der Waals surface area contributed by atoms with E-state index < -0.39 is 16.1 Å². The van der Waals surface area contributed by atoms with Crippen molar-refractivity contribution in [1.82, 2.24) is 48.2 Å². The molecular weight excluding hydrogens is 1520 g/mol. The molecule has 0 radical (unpaired) electrons. The van der Waals surface area contributed by atoms with Crippen LogP contribution < -0.4 is 41.5 Å². The summed E-state index contributed by atoms with van der Waals surface area (Å²) in [6.07, 6.45) is 0. The lowest BCUT2D eigenvalue weighted by Gasteiger charge is -2.43. The summed E-state index contributed by atoms with van der Waals surface area (Å²) < 4.78 is 9.13. The minimum absolute atomic E-state index is 0.105. The topological polar surface area (TPSA) is 97.1 Å². The van der Waals surface area contributed by atoms with Gasteiger partial charge in [-0.3, -0.25) is 18.3 Å². The Bertz CT molecular complexity index is 7410. The Morgan fingerprint density at radius 3 is 0.738 bits per heavy atom. The van der Waals surface area contributed by atoms with Gasteiger partial charge < -0.3 is 0 Å². The Labute approximate surface area is 704 Å². The molecule has 0 amide bonds. The molecule has 17 aromatic carbocycles. The third kappa shape index (κ3) is 10.2. The smallest absolute Gasteiger partial charge is 0.240 e. The summed E-state index contributed by atoms with van der Waals surface area (Å²) in [4.78, 5) is 34.8. The van der Waals surface area contributed by atoms with Crippen molar-refractivity contribution < 1.29 is 0 Å². The maximum absolute atomic E-state index is 5.85. The van der Waals surface area contributed by atoms with E-state index in [0.717, 1.165) is 87.6 Å². The fourth-order valence-electron chi connectivity index (χ4n) is 21.3. The number of aromatic nitrogens is 10. The van der Waals surface area contributed by atoms with Gasteiger partial charge in [-0.1, -0.05) is 376 Å². The molecule has 10 nitrogen and oxygen atoms in total. The Balaban J connectivity index is 0.720. The van der Waals surface area contributed by atoms with Gasteiger partial charge in [0.2, 0.25) is 23.8 Å². The van der Waals surface area contributed by atoms with Crippen LogP contribution in [0.1, 0.15) is 45.2 Å². The molecule has 2 bridgehead atoms. The first-order valence-electron chi connectivity index (χ1n) is 41.8. The first-order chi connectivity index (χ1) is 60.6. The van der Waals surface area contributed by atoms with E-state index in [2.05, 4.69) is 443 Å². The second-order valence-electron chi connectivity index (χ2n) is 32.2. The number of hydrogen-bond acceptors (Lipinski definition) is 6. The molecule has 0 aliphatic heterocycles. The lowest BCUT2D eigenvalue weighted by atomic mass is 9.59. The lowest BCUT2D eigenvalue weighted by Crippen LogP contribution is -2.74. The van der Waals surface area contributed by atoms with Crippen molar-refractivity contribution in [2.45, 2.75) is 11.8 Å². The van der Waals surface area contributed by atoms with Gasteiger partial charge in [0.25, 0.3) is 0 Å². The van der Waals surface area contributed by atoms with Crippen LogP contribution in [0.4, 0.5) is 0 Å². The molecule has 26 rings (SSSR count). The van der Waals surface area contributed by atoms with Gasteiger partial charge >= 0.3 is 0 Å². The number of benzene rings is 17. The van der Waals surface area contributed by atoms with Crippen molar-refractivity contribution in [2.24, 2.45) is 0 Å². The highest BCUT2D eigenvalue weighted by atomic mass is 28.3. The minimum Gasteiger partial charge on any atom is -0.278 e. The van der Waals surface area contributed by atoms with Gasteiger partial charge in [-0.15, -0.1) is 0 Å². The van der Waals surface area contributed by atoms with Crippen LogP contribution in [0, 0.1) is 0 Å². The van der Waals surface area contributed by atoms with Crippen molar-refractivity contribution in [3.05, 3.63) is 458 Å². The summed E-state index contributed by atoms with van der Waals surface area (Å²) in [5, 5.41) is 19.2. The van der Waals surface area contributed by atoms with E-state index in [1.807, 2.05) is 0 Å². The van der Waals surface area contributed by atoms with Crippen molar-refractivity contribution >= 4 is 145 Å². The fraction of sp³-hybridized carbons (Fsp3) is 0.0182. The summed E-state index contributed by atoms with van der Waals surface area (Å²) in [5.74, 6) is 2.87. The quantitative estimate of drug-likeness (QED) is 0.0795. The zero-order valence-electron chi connectivity index (χ0n) is 66.0. The van der Waals surface area contributed by atoms with Crippen molar-refractivity contribution in [3.8, 4) is 46.6 Å². The van der Waals surface area contributed by atoms with Crippen molar-refractivity contribution in [1.29, 1.82) is 0 Å². The van der Waals surface area contributed by atoms with E-state index in [0.29, 0.717) is 35.4 Å². The van der Waals surface area contributed by atoms with Gasteiger partial charge in [-0.2, -0.15) is 29.9 Å². The van der Waals surface area contributed by atoms with Crippen molar-refractivity contribution in [3.63, 3.8) is 0 Å². The van der Waals surface area contributed by atoms with E-state index in [-0.39, 0.29) is 11.8 Å². The first kappa shape index (κ1) is 69.5. The fourth-order valence-corrected chi connectivity index (χ4v) is 30.9. The standard InChI is InChI=1S/C110H72N10Si2/c1-7-37-73(38-8-1)121(74-39-9-2-10-40-74,75-41-11-3-12-42-75)79-49-33-35-71(69-79)105-111-107(117-91-59-27-21-51-81(91)82-52-22-28-60-92(82)117)115-109(113-105)119-95-63-31-25-57-87(95)100-97(119)67-65-89-99-85-55-19-20-56-86(85)102(103(89)100)104-90(99)66-68-98-101(104)88-58-26-32-64-96(88)120(98)110-114-106(112-108(116-110)118-93-61-29-23-53-83(93)84-54-24-30-62-94(84)118)72-36-34-50-80(70-72)122(76-43-13-4-14-44-76,77-45-15-5-16-46-77)78-47-17-6-18-48-78/h1-70,99,102H. The van der Waals surface area contributed by atoms with Crippen molar-refractivity contribution in [2.75, 3.05) is 0 Å². The van der Waals surface area contributed by atoms with Gasteiger partial charge in [0.15, 0.2) is 27.8 Å². The van der Waals surface area contributed by atoms with Crippen LogP contribution in [0.2, 0.25) is 0 Å². The zero-order valence-corrected chi connectivity index (χ0v) is 68.0. The van der Waals surface area contributed by atoms with Gasteiger partial charge in [-0.05, 0) is 123 Å². The second kappa shape index (κ2) is 27.5. The normalized spacial score (nSPS) is 13.7. The molecule has 6 heterocycles. The molecule has 23 aromatic rings. The van der Waals surface area contributed by atoms with Crippen LogP contribution in [-0.4, -0.2) is 64.3 Å². The summed E-state index contributed by atoms with van der Waals surface area (Å²) in [6.45, 7) is 0. The molecule has 570 valence electrons. The van der Waals surface area contributed by atoms with E-state index in [9.17, 15) is 0 Å². The van der Waals surface area contributed by atoms with Crippen LogP contribution >= 0.6 is 0 Å². The maximum Gasteiger partial charge on any atom is 0.240 e. The molecule has 0 fully saturated rings. The van der Waals surface area contributed by atoms with Crippen LogP contribution in [0.5, 0.6) is 0 Å². The monoisotopic (exact) mass is 1590 g/mol. The molecular formula is C110H72N10Si2. The first-order valence-corrected chi connectivity index (χ1v) is 45.8. The van der Waals surface area contributed by atoms with Crippen LogP contribution in [-0.2, 0) is 0 Å². The number of nitrogens with zero attached hydrogens (tertiary/aromatic N) is 10. The molecule has 0 atom stereocenters. The van der Waals surface area contributed by atoms with Crippen LogP contribution in [0.15, 0.2) is 425 Å². The molecule has 0 unspecified atom stereocenters. The maximum atomic E-state index is 5.85. The SMILES string of the molecule is c1ccc([Si](c2ccccc2)(c2ccccc2)c2cccc(-c3nc(-n4c5ccccc5c5ccccc54)nc(-n4c5ccccc5c5c6c(ccc54)C4c5ccccc5C6c5c4ccc4c5c5ccccc5n4-c4nc(-c5cccc([Si](c6ccccc6)(c6ccccc6)c6ccccc6)c5)nc(-n5c6ccccc6c6ccccc65)n4)n3)c2)cc1. The van der Waals surface area contributed by atoms with E-state index in [4.69, 9.17) is 29.9 Å². The Hall–Kier alpha value is -15.6. The second-order valence-corrected chi connectivity index (χ2v) is 39.9. The largest absolute Gasteiger partial charge is 0.278 e. The highest BCUT2D eigenvalue weighted by Gasteiger charge is 2.47. The predicted octanol–water partition coefficient (Wildman–Crippen LogP) is 19.5.